The van der Waals surface area contributed by atoms with Crippen molar-refractivity contribution in [2.45, 2.75) is 39.7 Å². The molecule has 0 amide bonds. The van der Waals surface area contributed by atoms with Crippen molar-refractivity contribution in [1.29, 1.82) is 0 Å². The number of nitrogens with zero attached hydrogens (tertiary/aromatic N) is 1. The Hall–Kier alpha value is -1.71. The quantitative estimate of drug-likeness (QED) is 0.663. The lowest BCUT2D eigenvalue weighted by Gasteiger charge is -2.28. The predicted octanol–water partition coefficient (Wildman–Crippen LogP) is 2.99. The van der Waals surface area contributed by atoms with Gasteiger partial charge in [-0.25, -0.2) is 4.79 Å². The molecule has 0 unspecified atom stereocenters. The van der Waals surface area contributed by atoms with E-state index in [2.05, 4.69) is 24.8 Å². The molecule has 4 heteroatoms. The van der Waals surface area contributed by atoms with Gasteiger partial charge in [0.2, 0.25) is 0 Å². The standard InChI is InChI=1S/C16H24N2O2/c1-10(2)9-18(12-5-6-12)13-7-11(3)15(17)14(8-13)16(19)20-4/h7-8,10,12H,5-6,9,17H2,1-4H3. The molecule has 110 valence electrons. The summed E-state index contributed by atoms with van der Waals surface area (Å²) in [6.07, 6.45) is 2.45. The Labute approximate surface area is 120 Å². The second kappa shape index (κ2) is 5.73. The number of benzene rings is 1. The van der Waals surface area contributed by atoms with Crippen molar-refractivity contribution in [2.75, 3.05) is 24.3 Å². The van der Waals surface area contributed by atoms with E-state index in [-0.39, 0.29) is 5.97 Å². The SMILES string of the molecule is COC(=O)c1cc(N(CC(C)C)C2CC2)cc(C)c1N. The first-order valence-corrected chi connectivity index (χ1v) is 7.19. The number of ether oxygens (including phenoxy) is 1. The molecule has 20 heavy (non-hydrogen) atoms. The molecule has 1 aliphatic rings. The molecule has 0 saturated heterocycles. The number of hydrogen-bond acceptors (Lipinski definition) is 4. The van der Waals surface area contributed by atoms with Crippen molar-refractivity contribution in [3.63, 3.8) is 0 Å². The molecular weight excluding hydrogens is 252 g/mol. The molecule has 1 aromatic rings. The van der Waals surface area contributed by atoms with Crippen LogP contribution in [0.2, 0.25) is 0 Å². The van der Waals surface area contributed by atoms with Gasteiger partial charge in [-0.1, -0.05) is 13.8 Å². The first-order valence-electron chi connectivity index (χ1n) is 7.19. The highest BCUT2D eigenvalue weighted by Gasteiger charge is 2.30. The lowest BCUT2D eigenvalue weighted by Crippen LogP contribution is -2.30. The number of carbonyl (C=O) groups excluding carboxylic acids is 1. The summed E-state index contributed by atoms with van der Waals surface area (Å²) < 4.78 is 4.83. The minimum atomic E-state index is -0.368. The molecule has 1 saturated carbocycles. The smallest absolute Gasteiger partial charge is 0.340 e. The molecule has 1 aliphatic carbocycles. The van der Waals surface area contributed by atoms with Crippen LogP contribution in [-0.2, 0) is 4.74 Å². The number of anilines is 2. The molecule has 2 rings (SSSR count). The van der Waals surface area contributed by atoms with E-state index in [9.17, 15) is 4.79 Å². The van der Waals surface area contributed by atoms with Crippen molar-refractivity contribution >= 4 is 17.3 Å². The number of esters is 1. The van der Waals surface area contributed by atoms with Crippen molar-refractivity contribution < 1.29 is 9.53 Å². The molecule has 0 atom stereocenters. The largest absolute Gasteiger partial charge is 0.465 e. The van der Waals surface area contributed by atoms with Crippen LogP contribution < -0.4 is 10.6 Å². The zero-order valence-electron chi connectivity index (χ0n) is 12.8. The summed E-state index contributed by atoms with van der Waals surface area (Å²) in [6.45, 7) is 7.35. The molecule has 0 aliphatic heterocycles. The van der Waals surface area contributed by atoms with Crippen LogP contribution in [-0.4, -0.2) is 25.7 Å². The third kappa shape index (κ3) is 3.06. The van der Waals surface area contributed by atoms with E-state index >= 15 is 0 Å². The molecule has 0 bridgehead atoms. The number of carbonyl (C=O) groups is 1. The average molecular weight is 276 g/mol. The van der Waals surface area contributed by atoms with Crippen LogP contribution in [0.1, 0.15) is 42.6 Å². The van der Waals surface area contributed by atoms with Crippen LogP contribution in [0, 0.1) is 12.8 Å². The maximum atomic E-state index is 11.8. The maximum absolute atomic E-state index is 11.8. The number of hydrogen-bond donors (Lipinski definition) is 1. The highest BCUT2D eigenvalue weighted by molar-refractivity contribution is 5.97. The number of aryl methyl sites for hydroxylation is 1. The van der Waals surface area contributed by atoms with Crippen LogP contribution in [0.5, 0.6) is 0 Å². The molecule has 0 spiro atoms. The Kier molecular flexibility index (Phi) is 4.21. The van der Waals surface area contributed by atoms with Crippen molar-refractivity contribution in [2.24, 2.45) is 5.92 Å². The Bertz CT molecular complexity index is 507. The van der Waals surface area contributed by atoms with E-state index in [0.29, 0.717) is 23.2 Å². The molecule has 0 aromatic heterocycles. The van der Waals surface area contributed by atoms with Crippen LogP contribution in [0.15, 0.2) is 12.1 Å². The monoisotopic (exact) mass is 276 g/mol. The van der Waals surface area contributed by atoms with Gasteiger partial charge in [0, 0.05) is 24.0 Å². The van der Waals surface area contributed by atoms with Crippen LogP contribution in [0.4, 0.5) is 11.4 Å². The Balaban J connectivity index is 2.39. The minimum Gasteiger partial charge on any atom is -0.465 e. The van der Waals surface area contributed by atoms with Gasteiger partial charge in [0.05, 0.1) is 12.7 Å². The van der Waals surface area contributed by atoms with Crippen LogP contribution in [0.3, 0.4) is 0 Å². The predicted molar refractivity (Wildman–Crippen MR) is 82.1 cm³/mol. The third-order valence-electron chi connectivity index (χ3n) is 3.66. The third-order valence-corrected chi connectivity index (χ3v) is 3.66. The van der Waals surface area contributed by atoms with Crippen molar-refractivity contribution in [3.8, 4) is 0 Å². The molecular formula is C16H24N2O2. The first kappa shape index (κ1) is 14.7. The zero-order chi connectivity index (χ0) is 14.9. The Morgan fingerprint density at radius 2 is 2.10 bits per heavy atom. The molecule has 2 N–H and O–H groups in total. The molecule has 4 nitrogen and oxygen atoms in total. The summed E-state index contributed by atoms with van der Waals surface area (Å²) in [6, 6.07) is 4.54. The number of methoxy groups -OCH3 is 1. The van der Waals surface area contributed by atoms with Crippen molar-refractivity contribution in [3.05, 3.63) is 23.3 Å². The van der Waals surface area contributed by atoms with Gasteiger partial charge < -0.3 is 15.4 Å². The second-order valence-electron chi connectivity index (χ2n) is 5.99. The summed E-state index contributed by atoms with van der Waals surface area (Å²) in [5.74, 6) is 0.211. The summed E-state index contributed by atoms with van der Waals surface area (Å²) in [4.78, 5) is 14.2. The number of nitrogens with two attached hydrogens (primary N) is 1. The topological polar surface area (TPSA) is 55.6 Å². The molecule has 1 fully saturated rings. The fraction of sp³-hybridized carbons (Fsp3) is 0.562. The van der Waals surface area contributed by atoms with Gasteiger partial charge in [-0.3, -0.25) is 0 Å². The van der Waals surface area contributed by atoms with E-state index in [0.717, 1.165) is 17.8 Å². The van der Waals surface area contributed by atoms with E-state index in [1.807, 2.05) is 13.0 Å². The van der Waals surface area contributed by atoms with Gasteiger partial charge >= 0.3 is 5.97 Å². The van der Waals surface area contributed by atoms with Crippen LogP contribution in [0.25, 0.3) is 0 Å². The summed E-state index contributed by atoms with van der Waals surface area (Å²) in [5, 5.41) is 0. The minimum absolute atomic E-state index is 0.368. The highest BCUT2D eigenvalue weighted by atomic mass is 16.5. The fourth-order valence-electron chi connectivity index (χ4n) is 2.47. The van der Waals surface area contributed by atoms with Gasteiger partial charge in [0.1, 0.15) is 0 Å². The lowest BCUT2D eigenvalue weighted by atomic mass is 10.1. The normalized spacial score (nSPS) is 14.4. The van der Waals surface area contributed by atoms with Crippen LogP contribution >= 0.6 is 0 Å². The Morgan fingerprint density at radius 3 is 2.60 bits per heavy atom. The first-order chi connectivity index (χ1) is 9.43. The molecule has 1 aromatic carbocycles. The fourth-order valence-corrected chi connectivity index (χ4v) is 2.47. The molecule has 0 heterocycles. The molecule has 0 radical (unpaired) electrons. The van der Waals surface area contributed by atoms with Gasteiger partial charge in [-0.05, 0) is 43.4 Å². The lowest BCUT2D eigenvalue weighted by molar-refractivity contribution is 0.0602. The van der Waals surface area contributed by atoms with E-state index in [4.69, 9.17) is 10.5 Å². The maximum Gasteiger partial charge on any atom is 0.340 e. The van der Waals surface area contributed by atoms with E-state index in [1.54, 1.807) is 0 Å². The van der Waals surface area contributed by atoms with E-state index < -0.39 is 0 Å². The number of rotatable bonds is 5. The van der Waals surface area contributed by atoms with Gasteiger partial charge in [0.15, 0.2) is 0 Å². The summed E-state index contributed by atoms with van der Waals surface area (Å²) >= 11 is 0. The van der Waals surface area contributed by atoms with Crippen molar-refractivity contribution in [1.82, 2.24) is 0 Å². The summed E-state index contributed by atoms with van der Waals surface area (Å²) in [7, 11) is 1.39. The van der Waals surface area contributed by atoms with Gasteiger partial charge in [-0.2, -0.15) is 0 Å². The second-order valence-corrected chi connectivity index (χ2v) is 5.99. The average Bonchev–Trinajstić information content (AvgIpc) is 3.22. The zero-order valence-corrected chi connectivity index (χ0v) is 12.8. The van der Waals surface area contributed by atoms with Gasteiger partial charge in [0.25, 0.3) is 0 Å². The van der Waals surface area contributed by atoms with Gasteiger partial charge in [-0.15, -0.1) is 0 Å². The highest BCUT2D eigenvalue weighted by Crippen LogP contribution is 2.35. The van der Waals surface area contributed by atoms with E-state index in [1.165, 1.54) is 20.0 Å². The number of nitrogen functional groups attached to an aromatic ring is 1. The Morgan fingerprint density at radius 1 is 1.45 bits per heavy atom. The summed E-state index contributed by atoms with van der Waals surface area (Å²) in [5.41, 5.74) is 8.99.